The summed E-state index contributed by atoms with van der Waals surface area (Å²) in [7, 11) is 0. The number of aliphatic imine (C=N–C) groups is 1. The second-order valence-electron chi connectivity index (χ2n) is 6.84. The fourth-order valence-corrected chi connectivity index (χ4v) is 3.10. The number of benzene rings is 1. The first-order chi connectivity index (χ1) is 13.9. The molecule has 0 radical (unpaired) electrons. The summed E-state index contributed by atoms with van der Waals surface area (Å²) < 4.78 is 5.69. The molecule has 0 spiro atoms. The van der Waals surface area contributed by atoms with Crippen LogP contribution in [0.25, 0.3) is 5.70 Å². The van der Waals surface area contributed by atoms with Gasteiger partial charge < -0.3 is 15.1 Å². The molecule has 2 heterocycles. The smallest absolute Gasteiger partial charge is 0.292 e. The van der Waals surface area contributed by atoms with Crippen LogP contribution in [0.1, 0.15) is 41.9 Å². The molecule has 148 valence electrons. The summed E-state index contributed by atoms with van der Waals surface area (Å²) >= 11 is 3.16. The molecule has 2 N–H and O–H groups in total. The highest BCUT2D eigenvalue weighted by molar-refractivity contribution is 9.10. The molecule has 2 amide bonds. The minimum absolute atomic E-state index is 0.0915. The molecule has 3 rings (SSSR count). The van der Waals surface area contributed by atoms with Crippen molar-refractivity contribution >= 4 is 39.3 Å². The lowest BCUT2D eigenvalue weighted by molar-refractivity contribution is -0.117. The van der Waals surface area contributed by atoms with Gasteiger partial charge in [0.2, 0.25) is 0 Å². The summed E-state index contributed by atoms with van der Waals surface area (Å²) in [5.41, 5.74) is 1.38. The number of nitrogens with one attached hydrogen (secondary N) is 2. The maximum atomic E-state index is 12.5. The lowest BCUT2D eigenvalue weighted by Gasteiger charge is -2.07. The van der Waals surface area contributed by atoms with Crippen LogP contribution < -0.4 is 10.6 Å². The van der Waals surface area contributed by atoms with Crippen LogP contribution in [0.2, 0.25) is 0 Å². The SMILES string of the molecule is CC(C)CCNC(=O)C(C#N)=C1N=C(NC(=O)c2ccc(Br)o2)c2ccccc21. The van der Waals surface area contributed by atoms with Crippen molar-refractivity contribution in [3.05, 3.63) is 63.5 Å². The summed E-state index contributed by atoms with van der Waals surface area (Å²) in [6.07, 6.45) is 0.805. The summed E-state index contributed by atoms with van der Waals surface area (Å²) in [6.45, 7) is 4.58. The van der Waals surface area contributed by atoms with E-state index in [0.717, 1.165) is 6.42 Å². The highest BCUT2D eigenvalue weighted by Crippen LogP contribution is 2.30. The van der Waals surface area contributed by atoms with E-state index in [-0.39, 0.29) is 22.9 Å². The lowest BCUT2D eigenvalue weighted by Crippen LogP contribution is -2.30. The van der Waals surface area contributed by atoms with Crippen LogP contribution in [0, 0.1) is 17.2 Å². The lowest BCUT2D eigenvalue weighted by atomic mass is 10.0. The third kappa shape index (κ3) is 4.63. The van der Waals surface area contributed by atoms with Gasteiger partial charge in [0.15, 0.2) is 10.4 Å². The topological polar surface area (TPSA) is 107 Å². The number of nitrogens with zero attached hydrogens (tertiary/aromatic N) is 2. The molecule has 0 atom stereocenters. The van der Waals surface area contributed by atoms with E-state index in [1.807, 2.05) is 6.07 Å². The molecule has 1 aromatic heterocycles. The minimum Gasteiger partial charge on any atom is -0.444 e. The molecule has 0 fully saturated rings. The van der Waals surface area contributed by atoms with Crippen molar-refractivity contribution in [2.45, 2.75) is 20.3 Å². The number of hydrogen-bond acceptors (Lipinski definition) is 5. The Hall–Kier alpha value is -3.18. The quantitative estimate of drug-likeness (QED) is 0.530. The second-order valence-corrected chi connectivity index (χ2v) is 7.62. The number of fused-ring (bicyclic) bond motifs is 1. The predicted octanol–water partition coefficient (Wildman–Crippen LogP) is 3.63. The van der Waals surface area contributed by atoms with Crippen molar-refractivity contribution in [2.24, 2.45) is 10.9 Å². The molecule has 1 aliphatic heterocycles. The zero-order chi connectivity index (χ0) is 21.0. The fourth-order valence-electron chi connectivity index (χ4n) is 2.79. The minimum atomic E-state index is -0.482. The van der Waals surface area contributed by atoms with Crippen molar-refractivity contribution in [1.82, 2.24) is 10.6 Å². The van der Waals surface area contributed by atoms with Crippen molar-refractivity contribution < 1.29 is 14.0 Å². The molecule has 0 saturated heterocycles. The predicted molar refractivity (Wildman–Crippen MR) is 112 cm³/mol. The molecule has 1 aliphatic rings. The zero-order valence-electron chi connectivity index (χ0n) is 16.0. The molecule has 0 saturated carbocycles. The highest BCUT2D eigenvalue weighted by Gasteiger charge is 2.27. The standard InChI is InChI=1S/C21H19BrN4O3/c1-12(2)9-10-24-20(27)15(11-23)18-13-5-3-4-6-14(13)19(25-18)26-21(28)16-7-8-17(22)29-16/h3-8,12H,9-10H2,1-2H3,(H,24,27)(H,25,26,28). The molecule has 0 bridgehead atoms. The highest BCUT2D eigenvalue weighted by atomic mass is 79.9. The summed E-state index contributed by atoms with van der Waals surface area (Å²) in [5, 5.41) is 15.0. The molecule has 0 aliphatic carbocycles. The molecular weight excluding hydrogens is 436 g/mol. The average Bonchev–Trinajstić information content (AvgIpc) is 3.27. The number of hydrogen-bond donors (Lipinski definition) is 2. The number of amidine groups is 1. The first kappa shape index (κ1) is 20.6. The third-order valence-corrected chi connectivity index (χ3v) is 4.70. The van der Waals surface area contributed by atoms with Gasteiger partial charge in [-0.1, -0.05) is 38.1 Å². The third-order valence-electron chi connectivity index (χ3n) is 4.27. The Bertz CT molecular complexity index is 1060. The van der Waals surface area contributed by atoms with Crippen LogP contribution in [0.3, 0.4) is 0 Å². The first-order valence-electron chi connectivity index (χ1n) is 9.08. The number of amides is 2. The Kier molecular flexibility index (Phi) is 6.29. The normalized spacial score (nSPS) is 14.1. The maximum absolute atomic E-state index is 12.5. The maximum Gasteiger partial charge on any atom is 0.292 e. The van der Waals surface area contributed by atoms with Crippen LogP contribution in [0.15, 0.2) is 56.1 Å². The van der Waals surface area contributed by atoms with Crippen LogP contribution in [0.4, 0.5) is 0 Å². The monoisotopic (exact) mass is 454 g/mol. The molecule has 7 nitrogen and oxygen atoms in total. The summed E-state index contributed by atoms with van der Waals surface area (Å²) in [5.74, 6) is -0.158. The molecule has 0 unspecified atom stereocenters. The van der Waals surface area contributed by atoms with Gasteiger partial charge in [-0.15, -0.1) is 0 Å². The van der Waals surface area contributed by atoms with Crippen LogP contribution in [-0.2, 0) is 4.79 Å². The number of carbonyl (C=O) groups excluding carboxylic acids is 2. The number of nitriles is 1. The number of rotatable bonds is 5. The Morgan fingerprint density at radius 3 is 2.55 bits per heavy atom. The Morgan fingerprint density at radius 2 is 1.93 bits per heavy atom. The van der Waals surface area contributed by atoms with E-state index in [0.29, 0.717) is 28.3 Å². The van der Waals surface area contributed by atoms with E-state index in [9.17, 15) is 14.9 Å². The Morgan fingerprint density at radius 1 is 1.21 bits per heavy atom. The fraction of sp³-hybridized carbons (Fsp3) is 0.238. The van der Waals surface area contributed by atoms with Gasteiger partial charge in [-0.3, -0.25) is 9.59 Å². The summed E-state index contributed by atoms with van der Waals surface area (Å²) in [6, 6.07) is 12.2. The zero-order valence-corrected chi connectivity index (χ0v) is 17.5. The largest absolute Gasteiger partial charge is 0.444 e. The Balaban J connectivity index is 1.91. The van der Waals surface area contributed by atoms with Crippen molar-refractivity contribution in [2.75, 3.05) is 6.54 Å². The van der Waals surface area contributed by atoms with Gasteiger partial charge in [0.25, 0.3) is 11.8 Å². The van der Waals surface area contributed by atoms with Gasteiger partial charge in [0, 0.05) is 17.7 Å². The van der Waals surface area contributed by atoms with Crippen LogP contribution >= 0.6 is 15.9 Å². The van der Waals surface area contributed by atoms with E-state index in [2.05, 4.69) is 45.4 Å². The number of furan rings is 1. The van der Waals surface area contributed by atoms with Crippen molar-refractivity contribution in [3.8, 4) is 6.07 Å². The average molecular weight is 455 g/mol. The van der Waals surface area contributed by atoms with Crippen molar-refractivity contribution in [3.63, 3.8) is 0 Å². The molecule has 2 aromatic rings. The van der Waals surface area contributed by atoms with Crippen LogP contribution in [0.5, 0.6) is 0 Å². The number of carbonyl (C=O) groups is 2. The van der Waals surface area contributed by atoms with E-state index < -0.39 is 11.8 Å². The van der Waals surface area contributed by atoms with E-state index in [4.69, 9.17) is 4.42 Å². The number of halogens is 1. The Labute approximate surface area is 176 Å². The molecule has 1 aromatic carbocycles. The van der Waals surface area contributed by atoms with Gasteiger partial charge >= 0.3 is 0 Å². The summed E-state index contributed by atoms with van der Waals surface area (Å²) in [4.78, 5) is 29.4. The van der Waals surface area contributed by atoms with E-state index in [1.54, 1.807) is 30.3 Å². The van der Waals surface area contributed by atoms with Gasteiger partial charge in [-0.25, -0.2) is 4.99 Å². The van der Waals surface area contributed by atoms with Gasteiger partial charge in [0.1, 0.15) is 17.5 Å². The first-order valence-corrected chi connectivity index (χ1v) is 9.87. The molecule has 8 heteroatoms. The van der Waals surface area contributed by atoms with E-state index >= 15 is 0 Å². The second kappa shape index (κ2) is 8.88. The van der Waals surface area contributed by atoms with E-state index in [1.165, 1.54) is 6.07 Å². The molecule has 29 heavy (non-hydrogen) atoms. The van der Waals surface area contributed by atoms with Gasteiger partial charge in [-0.05, 0) is 40.4 Å². The van der Waals surface area contributed by atoms with Gasteiger partial charge in [-0.2, -0.15) is 5.26 Å². The van der Waals surface area contributed by atoms with Crippen molar-refractivity contribution in [1.29, 1.82) is 5.26 Å². The van der Waals surface area contributed by atoms with Gasteiger partial charge in [0.05, 0.1) is 5.70 Å². The van der Waals surface area contributed by atoms with Crippen LogP contribution in [-0.4, -0.2) is 24.2 Å². The molecular formula is C21H19BrN4O3.